The number of likely N-dealkylation sites (tertiary alicyclic amines) is 1. The molecule has 1 aliphatic rings. The number of hydrogen-bond donors (Lipinski definition) is 2. The first kappa shape index (κ1) is 21.0. The second kappa shape index (κ2) is 11.4. The summed E-state index contributed by atoms with van der Waals surface area (Å²) >= 11 is 1.84. The maximum absolute atomic E-state index is 13.3. The van der Waals surface area contributed by atoms with Crippen molar-refractivity contribution in [1.82, 2.24) is 15.5 Å². The lowest BCUT2D eigenvalue weighted by Crippen LogP contribution is -2.48. The summed E-state index contributed by atoms with van der Waals surface area (Å²) in [5, 5.41) is 6.84. The minimum Gasteiger partial charge on any atom is -0.357 e. The molecule has 1 aromatic rings. The van der Waals surface area contributed by atoms with E-state index in [2.05, 4.69) is 33.7 Å². The first-order chi connectivity index (χ1) is 12.6. The van der Waals surface area contributed by atoms with Crippen LogP contribution in [-0.4, -0.2) is 55.1 Å². The number of guanidine groups is 1. The molecule has 0 radical (unpaired) electrons. The largest absolute Gasteiger partial charge is 0.357 e. The summed E-state index contributed by atoms with van der Waals surface area (Å²) in [5.74, 6) is 0.467. The van der Waals surface area contributed by atoms with Gasteiger partial charge in [-0.25, -0.2) is 8.78 Å². The van der Waals surface area contributed by atoms with Crippen molar-refractivity contribution in [3.05, 3.63) is 35.4 Å². The summed E-state index contributed by atoms with van der Waals surface area (Å²) in [6, 6.07) is 4.56. The molecule has 0 aliphatic carbocycles. The van der Waals surface area contributed by atoms with Gasteiger partial charge in [-0.05, 0) is 55.9 Å². The van der Waals surface area contributed by atoms with Gasteiger partial charge in [-0.1, -0.05) is 6.07 Å². The zero-order chi connectivity index (χ0) is 18.8. The van der Waals surface area contributed by atoms with Crippen molar-refractivity contribution < 1.29 is 8.78 Å². The monoisotopic (exact) mass is 384 g/mol. The second-order valence-electron chi connectivity index (χ2n) is 6.55. The molecule has 0 atom stereocenters. The number of hydrogen-bond acceptors (Lipinski definition) is 3. The molecule has 1 heterocycles. The number of nitrogens with one attached hydrogen (secondary N) is 2. The molecular formula is C19H30F2N4S. The molecule has 0 amide bonds. The van der Waals surface area contributed by atoms with Crippen molar-refractivity contribution in [3.8, 4) is 0 Å². The van der Waals surface area contributed by atoms with Gasteiger partial charge in [0, 0.05) is 38.8 Å². The van der Waals surface area contributed by atoms with E-state index >= 15 is 0 Å². The summed E-state index contributed by atoms with van der Waals surface area (Å²) in [6.45, 7) is 6.29. The Labute approximate surface area is 159 Å². The van der Waals surface area contributed by atoms with Crippen LogP contribution in [0.25, 0.3) is 0 Å². The summed E-state index contributed by atoms with van der Waals surface area (Å²) in [6.07, 6.45) is 5.23. The molecule has 2 N–H and O–H groups in total. The van der Waals surface area contributed by atoms with Gasteiger partial charge in [0.2, 0.25) is 0 Å². The van der Waals surface area contributed by atoms with Crippen LogP contribution in [0.15, 0.2) is 23.2 Å². The second-order valence-corrected chi connectivity index (χ2v) is 7.54. The van der Waals surface area contributed by atoms with Gasteiger partial charge in [0.1, 0.15) is 0 Å². The van der Waals surface area contributed by atoms with Crippen LogP contribution in [0.1, 0.15) is 31.7 Å². The third-order valence-electron chi connectivity index (χ3n) is 4.44. The predicted molar refractivity (Wildman–Crippen MR) is 107 cm³/mol. The average Bonchev–Trinajstić information content (AvgIpc) is 2.63. The van der Waals surface area contributed by atoms with E-state index in [0.29, 0.717) is 12.6 Å². The Bertz CT molecular complexity index is 575. The molecule has 1 saturated heterocycles. The fraction of sp³-hybridized carbons (Fsp3) is 0.632. The van der Waals surface area contributed by atoms with E-state index in [1.165, 1.54) is 12.1 Å². The van der Waals surface area contributed by atoms with E-state index in [9.17, 15) is 8.78 Å². The Morgan fingerprint density at radius 2 is 2.04 bits per heavy atom. The molecule has 0 bridgehead atoms. The number of nitrogens with zero attached hydrogens (tertiary/aromatic N) is 2. The van der Waals surface area contributed by atoms with Gasteiger partial charge >= 0.3 is 0 Å². The van der Waals surface area contributed by atoms with E-state index in [-0.39, 0.29) is 0 Å². The van der Waals surface area contributed by atoms with Gasteiger partial charge in [-0.15, -0.1) is 0 Å². The lowest BCUT2D eigenvalue weighted by molar-refractivity contribution is 0.198. The number of benzene rings is 1. The predicted octanol–water partition coefficient (Wildman–Crippen LogP) is 3.24. The van der Waals surface area contributed by atoms with Crippen molar-refractivity contribution in [2.45, 2.75) is 38.8 Å². The highest BCUT2D eigenvalue weighted by molar-refractivity contribution is 7.98. The van der Waals surface area contributed by atoms with Gasteiger partial charge in [-0.3, -0.25) is 9.89 Å². The maximum atomic E-state index is 13.3. The summed E-state index contributed by atoms with van der Waals surface area (Å²) in [4.78, 5) is 6.93. The average molecular weight is 385 g/mol. The van der Waals surface area contributed by atoms with Crippen LogP contribution >= 0.6 is 11.8 Å². The van der Waals surface area contributed by atoms with E-state index in [1.807, 2.05) is 11.8 Å². The molecule has 0 unspecified atom stereocenters. The summed E-state index contributed by atoms with van der Waals surface area (Å²) < 4.78 is 26.4. The molecule has 2 rings (SSSR count). The highest BCUT2D eigenvalue weighted by Gasteiger charge is 2.20. The summed E-state index contributed by atoms with van der Waals surface area (Å²) in [7, 11) is 0. The fourth-order valence-corrected chi connectivity index (χ4v) is 3.46. The maximum Gasteiger partial charge on any atom is 0.191 e. The van der Waals surface area contributed by atoms with Crippen LogP contribution in [0.5, 0.6) is 0 Å². The third-order valence-corrected chi connectivity index (χ3v) is 5.14. The van der Waals surface area contributed by atoms with Crippen molar-refractivity contribution in [3.63, 3.8) is 0 Å². The fourth-order valence-electron chi connectivity index (χ4n) is 3.04. The molecule has 1 aromatic carbocycles. The quantitative estimate of drug-likeness (QED) is 0.410. The summed E-state index contributed by atoms with van der Waals surface area (Å²) in [5.41, 5.74) is 0.819. The molecule has 1 fully saturated rings. The van der Waals surface area contributed by atoms with Gasteiger partial charge < -0.3 is 10.6 Å². The van der Waals surface area contributed by atoms with Crippen molar-refractivity contribution >= 4 is 17.7 Å². The number of thioether (sulfide) groups is 1. The van der Waals surface area contributed by atoms with Crippen LogP contribution in [0.4, 0.5) is 8.78 Å². The SMILES string of the molecule is CCNC(=NCCCSC)NC1CCN(Cc2ccc(F)c(F)c2)CC1. The van der Waals surface area contributed by atoms with E-state index < -0.39 is 11.6 Å². The molecular weight excluding hydrogens is 354 g/mol. The Hall–Kier alpha value is -1.34. The number of piperidine rings is 1. The van der Waals surface area contributed by atoms with Crippen LogP contribution in [0, 0.1) is 11.6 Å². The zero-order valence-electron chi connectivity index (χ0n) is 15.7. The van der Waals surface area contributed by atoms with Crippen molar-refractivity contribution in [2.75, 3.05) is 38.2 Å². The van der Waals surface area contributed by atoms with Crippen LogP contribution < -0.4 is 10.6 Å². The third kappa shape index (κ3) is 7.11. The molecule has 1 aliphatic heterocycles. The molecule has 0 aromatic heterocycles. The minimum atomic E-state index is -0.788. The molecule has 26 heavy (non-hydrogen) atoms. The highest BCUT2D eigenvalue weighted by atomic mass is 32.2. The molecule has 0 spiro atoms. The minimum absolute atomic E-state index is 0.398. The molecule has 0 saturated carbocycles. The van der Waals surface area contributed by atoms with E-state index in [4.69, 9.17) is 0 Å². The highest BCUT2D eigenvalue weighted by Crippen LogP contribution is 2.16. The standard InChI is InChI=1S/C19H30F2N4S/c1-3-22-19(23-9-4-12-26-2)24-16-7-10-25(11-8-16)14-15-5-6-17(20)18(21)13-15/h5-6,13,16H,3-4,7-12,14H2,1-2H3,(H2,22,23,24). The Balaban J connectivity index is 1.77. The zero-order valence-corrected chi connectivity index (χ0v) is 16.5. The van der Waals surface area contributed by atoms with Crippen LogP contribution in [0.3, 0.4) is 0 Å². The van der Waals surface area contributed by atoms with E-state index in [1.54, 1.807) is 6.07 Å². The molecule has 146 valence electrons. The van der Waals surface area contributed by atoms with Gasteiger partial charge in [-0.2, -0.15) is 11.8 Å². The normalized spacial score (nSPS) is 16.7. The smallest absolute Gasteiger partial charge is 0.191 e. The van der Waals surface area contributed by atoms with Crippen molar-refractivity contribution in [1.29, 1.82) is 0 Å². The lowest BCUT2D eigenvalue weighted by Gasteiger charge is -2.33. The van der Waals surface area contributed by atoms with Gasteiger partial charge in [0.15, 0.2) is 17.6 Å². The first-order valence-electron chi connectivity index (χ1n) is 9.32. The van der Waals surface area contributed by atoms with Crippen LogP contribution in [0.2, 0.25) is 0 Å². The Morgan fingerprint density at radius 1 is 1.27 bits per heavy atom. The molecule has 7 heteroatoms. The Morgan fingerprint density at radius 3 is 2.69 bits per heavy atom. The van der Waals surface area contributed by atoms with Crippen LogP contribution in [-0.2, 0) is 6.54 Å². The van der Waals surface area contributed by atoms with Gasteiger partial charge in [0.25, 0.3) is 0 Å². The molecule has 4 nitrogen and oxygen atoms in total. The topological polar surface area (TPSA) is 39.7 Å². The first-order valence-corrected chi connectivity index (χ1v) is 10.7. The Kier molecular flexibility index (Phi) is 9.18. The van der Waals surface area contributed by atoms with Gasteiger partial charge in [0.05, 0.1) is 0 Å². The van der Waals surface area contributed by atoms with Crippen molar-refractivity contribution in [2.24, 2.45) is 4.99 Å². The lowest BCUT2D eigenvalue weighted by atomic mass is 10.0. The number of rotatable bonds is 8. The number of aliphatic imine (C=N–C) groups is 1. The number of halogens is 2. The van der Waals surface area contributed by atoms with E-state index in [0.717, 1.165) is 62.7 Å².